The van der Waals surface area contributed by atoms with Crippen LogP contribution in [0.5, 0.6) is 0 Å². The fourth-order valence-corrected chi connectivity index (χ4v) is 2.88. The lowest BCUT2D eigenvalue weighted by molar-refractivity contribution is 0.0936. The van der Waals surface area contributed by atoms with Crippen molar-refractivity contribution in [3.63, 3.8) is 0 Å². The van der Waals surface area contributed by atoms with Crippen molar-refractivity contribution in [1.82, 2.24) is 15.1 Å². The largest absolute Gasteiger partial charge is 0.395 e. The standard InChI is InChI=1S/C15H18ClN3O2S/c1-10(14(9-20)22-2)18-15(21)11-7-17-19(8-11)13-6-4-3-5-12(13)16/h3-8,10,14,20H,9H2,1-2H3,(H,18,21). The van der Waals surface area contributed by atoms with E-state index in [-0.39, 0.29) is 23.8 Å². The zero-order chi connectivity index (χ0) is 16.1. The summed E-state index contributed by atoms with van der Waals surface area (Å²) in [6.07, 6.45) is 5.04. The number of rotatable bonds is 6. The van der Waals surface area contributed by atoms with Crippen LogP contribution < -0.4 is 5.32 Å². The lowest BCUT2D eigenvalue weighted by Crippen LogP contribution is -2.41. The molecule has 7 heteroatoms. The Bertz CT molecular complexity index is 643. The minimum atomic E-state index is -0.224. The Hall–Kier alpha value is -1.50. The van der Waals surface area contributed by atoms with Gasteiger partial charge in [-0.15, -0.1) is 0 Å². The molecule has 0 aliphatic heterocycles. The molecule has 2 N–H and O–H groups in total. The first-order chi connectivity index (χ1) is 10.6. The lowest BCUT2D eigenvalue weighted by atomic mass is 10.2. The van der Waals surface area contributed by atoms with E-state index >= 15 is 0 Å². The van der Waals surface area contributed by atoms with Crippen molar-refractivity contribution >= 4 is 29.3 Å². The van der Waals surface area contributed by atoms with E-state index in [2.05, 4.69) is 10.4 Å². The quantitative estimate of drug-likeness (QED) is 0.848. The van der Waals surface area contributed by atoms with Crippen LogP contribution in [0.2, 0.25) is 5.02 Å². The highest BCUT2D eigenvalue weighted by molar-refractivity contribution is 7.99. The molecule has 2 aromatic rings. The van der Waals surface area contributed by atoms with Gasteiger partial charge in [0.1, 0.15) is 0 Å². The number of aromatic nitrogens is 2. The molecule has 22 heavy (non-hydrogen) atoms. The SMILES string of the molecule is CSC(CO)C(C)NC(=O)c1cnn(-c2ccccc2Cl)c1. The summed E-state index contributed by atoms with van der Waals surface area (Å²) in [5.74, 6) is -0.224. The first-order valence-electron chi connectivity index (χ1n) is 6.81. The molecule has 0 saturated heterocycles. The van der Waals surface area contributed by atoms with Crippen molar-refractivity contribution in [3.8, 4) is 5.69 Å². The highest BCUT2D eigenvalue weighted by Crippen LogP contribution is 2.19. The average molecular weight is 340 g/mol. The van der Waals surface area contributed by atoms with E-state index in [0.717, 1.165) is 0 Å². The molecule has 0 aliphatic carbocycles. The molecule has 2 atom stereocenters. The molecule has 0 radical (unpaired) electrons. The Morgan fingerprint density at radius 2 is 2.23 bits per heavy atom. The number of carbonyl (C=O) groups is 1. The molecule has 1 aromatic carbocycles. The Kier molecular flexibility index (Phi) is 5.88. The van der Waals surface area contributed by atoms with E-state index in [4.69, 9.17) is 11.6 Å². The van der Waals surface area contributed by atoms with Crippen LogP contribution in [-0.2, 0) is 0 Å². The highest BCUT2D eigenvalue weighted by atomic mass is 35.5. The molecule has 0 fully saturated rings. The molecule has 0 saturated carbocycles. The smallest absolute Gasteiger partial charge is 0.254 e. The average Bonchev–Trinajstić information content (AvgIpc) is 2.98. The second-order valence-electron chi connectivity index (χ2n) is 4.84. The second-order valence-corrected chi connectivity index (χ2v) is 6.33. The molecular formula is C15H18ClN3O2S. The number of hydrogen-bond donors (Lipinski definition) is 2. The summed E-state index contributed by atoms with van der Waals surface area (Å²) in [7, 11) is 0. The van der Waals surface area contributed by atoms with Gasteiger partial charge >= 0.3 is 0 Å². The number of benzene rings is 1. The maximum atomic E-state index is 12.2. The van der Waals surface area contributed by atoms with Gasteiger partial charge in [0, 0.05) is 17.5 Å². The van der Waals surface area contributed by atoms with Crippen molar-refractivity contribution < 1.29 is 9.90 Å². The van der Waals surface area contributed by atoms with Crippen LogP contribution in [0.25, 0.3) is 5.69 Å². The Balaban J connectivity index is 2.11. The lowest BCUT2D eigenvalue weighted by Gasteiger charge is -2.20. The predicted molar refractivity (Wildman–Crippen MR) is 89.9 cm³/mol. The number of halogens is 1. The molecule has 1 heterocycles. The van der Waals surface area contributed by atoms with E-state index in [1.54, 1.807) is 16.9 Å². The summed E-state index contributed by atoms with van der Waals surface area (Å²) in [6.45, 7) is 1.88. The molecule has 0 spiro atoms. The normalized spacial score (nSPS) is 13.6. The molecule has 0 bridgehead atoms. The number of aliphatic hydroxyl groups excluding tert-OH is 1. The summed E-state index contributed by atoms with van der Waals surface area (Å²) < 4.78 is 1.57. The number of amides is 1. The number of nitrogens with one attached hydrogen (secondary N) is 1. The van der Waals surface area contributed by atoms with Crippen molar-refractivity contribution in [2.24, 2.45) is 0 Å². The van der Waals surface area contributed by atoms with Crippen LogP contribution in [0.15, 0.2) is 36.7 Å². The van der Waals surface area contributed by atoms with E-state index in [1.165, 1.54) is 18.0 Å². The summed E-state index contributed by atoms with van der Waals surface area (Å²) in [4.78, 5) is 12.2. The molecular weight excluding hydrogens is 322 g/mol. The summed E-state index contributed by atoms with van der Waals surface area (Å²) in [5, 5.41) is 16.8. The van der Waals surface area contributed by atoms with E-state index in [9.17, 15) is 9.90 Å². The van der Waals surface area contributed by atoms with Crippen LogP contribution in [0, 0.1) is 0 Å². The minimum absolute atomic E-state index is 0.0154. The number of aliphatic hydroxyl groups is 1. The van der Waals surface area contributed by atoms with Crippen molar-refractivity contribution in [3.05, 3.63) is 47.2 Å². The zero-order valence-electron chi connectivity index (χ0n) is 12.4. The third-order valence-corrected chi connectivity index (χ3v) is 4.83. The molecule has 1 amide bonds. The number of nitrogens with zero attached hydrogens (tertiary/aromatic N) is 2. The fraction of sp³-hybridized carbons (Fsp3) is 0.333. The molecule has 0 aliphatic rings. The molecule has 2 rings (SSSR count). The van der Waals surface area contributed by atoms with E-state index in [0.29, 0.717) is 16.3 Å². The Morgan fingerprint density at radius 1 is 1.50 bits per heavy atom. The van der Waals surface area contributed by atoms with Crippen molar-refractivity contribution in [1.29, 1.82) is 0 Å². The van der Waals surface area contributed by atoms with Crippen LogP contribution in [0.3, 0.4) is 0 Å². The van der Waals surface area contributed by atoms with Crippen LogP contribution in [0.1, 0.15) is 17.3 Å². The maximum Gasteiger partial charge on any atom is 0.254 e. The van der Waals surface area contributed by atoms with Crippen molar-refractivity contribution in [2.45, 2.75) is 18.2 Å². The third-order valence-electron chi connectivity index (χ3n) is 3.34. The van der Waals surface area contributed by atoms with Gasteiger partial charge in [-0.2, -0.15) is 16.9 Å². The second kappa shape index (κ2) is 7.67. The van der Waals surface area contributed by atoms with Gasteiger partial charge in [0.05, 0.1) is 29.1 Å². The van der Waals surface area contributed by atoms with Gasteiger partial charge in [0.15, 0.2) is 0 Å². The Labute approximate surface area is 138 Å². The van der Waals surface area contributed by atoms with Crippen molar-refractivity contribution in [2.75, 3.05) is 12.9 Å². The van der Waals surface area contributed by atoms with Gasteiger partial charge in [0.25, 0.3) is 5.91 Å². The highest BCUT2D eigenvalue weighted by Gasteiger charge is 2.19. The first kappa shape index (κ1) is 16.9. The van der Waals surface area contributed by atoms with Gasteiger partial charge in [-0.25, -0.2) is 4.68 Å². The summed E-state index contributed by atoms with van der Waals surface area (Å²) in [5.41, 5.74) is 1.16. The molecule has 118 valence electrons. The van der Waals surface area contributed by atoms with Gasteiger partial charge in [-0.1, -0.05) is 23.7 Å². The zero-order valence-corrected chi connectivity index (χ0v) is 13.9. The van der Waals surface area contributed by atoms with Crippen LogP contribution in [-0.4, -0.2) is 44.9 Å². The van der Waals surface area contributed by atoms with Gasteiger partial charge in [-0.3, -0.25) is 4.79 Å². The minimum Gasteiger partial charge on any atom is -0.395 e. The maximum absolute atomic E-state index is 12.2. The van der Waals surface area contributed by atoms with Gasteiger partial charge < -0.3 is 10.4 Å². The fourth-order valence-electron chi connectivity index (χ4n) is 2.03. The monoisotopic (exact) mass is 339 g/mol. The number of thioether (sulfide) groups is 1. The number of carbonyl (C=O) groups excluding carboxylic acids is 1. The number of para-hydroxylation sites is 1. The van der Waals surface area contributed by atoms with Gasteiger partial charge in [0.2, 0.25) is 0 Å². The van der Waals surface area contributed by atoms with Gasteiger partial charge in [-0.05, 0) is 25.3 Å². The molecule has 5 nitrogen and oxygen atoms in total. The van der Waals surface area contributed by atoms with Crippen LogP contribution >= 0.6 is 23.4 Å². The topological polar surface area (TPSA) is 67.2 Å². The summed E-state index contributed by atoms with van der Waals surface area (Å²) >= 11 is 7.64. The first-order valence-corrected chi connectivity index (χ1v) is 8.47. The predicted octanol–water partition coefficient (Wildman–Crippen LogP) is 2.37. The number of hydrogen-bond acceptors (Lipinski definition) is 4. The molecule has 2 unspecified atom stereocenters. The third kappa shape index (κ3) is 3.82. The molecule has 1 aromatic heterocycles. The summed E-state index contributed by atoms with van der Waals surface area (Å²) in [6, 6.07) is 7.15. The van der Waals surface area contributed by atoms with E-state index in [1.807, 2.05) is 31.4 Å². The van der Waals surface area contributed by atoms with E-state index < -0.39 is 0 Å². The van der Waals surface area contributed by atoms with Crippen LogP contribution in [0.4, 0.5) is 0 Å². The Morgan fingerprint density at radius 3 is 2.86 bits per heavy atom.